The lowest BCUT2D eigenvalue weighted by Crippen LogP contribution is -2.47. The lowest BCUT2D eigenvalue weighted by Gasteiger charge is -2.40. The summed E-state index contributed by atoms with van der Waals surface area (Å²) in [7, 11) is 0. The van der Waals surface area contributed by atoms with Gasteiger partial charge in [0.15, 0.2) is 0 Å². The van der Waals surface area contributed by atoms with Crippen LogP contribution in [0, 0.1) is 17.2 Å². The molecule has 0 radical (unpaired) electrons. The first-order valence-corrected chi connectivity index (χ1v) is 5.64. The van der Waals surface area contributed by atoms with E-state index in [-0.39, 0.29) is 12.3 Å². The van der Waals surface area contributed by atoms with Gasteiger partial charge in [0.2, 0.25) is 0 Å². The highest BCUT2D eigenvalue weighted by Gasteiger charge is 2.29. The van der Waals surface area contributed by atoms with Gasteiger partial charge >= 0.3 is 5.97 Å². The molecule has 1 aromatic rings. The lowest BCUT2D eigenvalue weighted by atomic mass is 9.95. The third-order valence-corrected chi connectivity index (χ3v) is 3.14. The smallest absolute Gasteiger partial charge is 0.303 e. The van der Waals surface area contributed by atoms with Crippen molar-refractivity contribution in [3.05, 3.63) is 28.8 Å². The van der Waals surface area contributed by atoms with Crippen LogP contribution in [-0.4, -0.2) is 24.2 Å². The van der Waals surface area contributed by atoms with Gasteiger partial charge in [-0.05, 0) is 18.2 Å². The summed E-state index contributed by atoms with van der Waals surface area (Å²) in [5.41, 5.74) is 1.40. The van der Waals surface area contributed by atoms with E-state index in [9.17, 15) is 4.79 Å². The molecule has 17 heavy (non-hydrogen) atoms. The first kappa shape index (κ1) is 11.7. The highest BCUT2D eigenvalue weighted by molar-refractivity contribution is 6.33. The standard InChI is InChI=1S/C12H11ClN2O2/c13-10-3-8(5-14)1-2-11(10)15-6-9(7-15)4-12(16)17/h1-3,9H,4,6-7H2,(H,16,17). The Balaban J connectivity index is 2.02. The van der Waals surface area contributed by atoms with Crippen LogP contribution in [0.3, 0.4) is 0 Å². The van der Waals surface area contributed by atoms with Gasteiger partial charge in [-0.1, -0.05) is 11.6 Å². The number of carboxylic acids is 1. The molecule has 1 aromatic carbocycles. The topological polar surface area (TPSA) is 64.3 Å². The largest absolute Gasteiger partial charge is 0.481 e. The van der Waals surface area contributed by atoms with Gasteiger partial charge in [0, 0.05) is 19.0 Å². The van der Waals surface area contributed by atoms with Crippen molar-refractivity contribution in [1.82, 2.24) is 0 Å². The Bertz CT molecular complexity index is 490. The SMILES string of the molecule is N#Cc1ccc(N2CC(CC(=O)O)C2)c(Cl)c1. The first-order chi connectivity index (χ1) is 8.10. The number of anilines is 1. The van der Waals surface area contributed by atoms with Crippen molar-refractivity contribution in [2.24, 2.45) is 5.92 Å². The molecule has 5 heteroatoms. The zero-order valence-electron chi connectivity index (χ0n) is 9.06. The van der Waals surface area contributed by atoms with Crippen molar-refractivity contribution < 1.29 is 9.90 Å². The predicted molar refractivity (Wildman–Crippen MR) is 64.1 cm³/mol. The summed E-state index contributed by atoms with van der Waals surface area (Å²) in [6.07, 6.45) is 0.199. The molecule has 0 saturated carbocycles. The summed E-state index contributed by atoms with van der Waals surface area (Å²) in [5.74, 6) is -0.570. The number of hydrogen-bond donors (Lipinski definition) is 1. The van der Waals surface area contributed by atoms with Gasteiger partial charge < -0.3 is 10.0 Å². The molecule has 0 unspecified atom stereocenters. The minimum atomic E-state index is -0.763. The number of carbonyl (C=O) groups is 1. The van der Waals surface area contributed by atoms with Crippen molar-refractivity contribution in [3.63, 3.8) is 0 Å². The molecule has 1 heterocycles. The second kappa shape index (κ2) is 4.64. The fraction of sp³-hybridized carbons (Fsp3) is 0.333. The van der Waals surface area contributed by atoms with E-state index < -0.39 is 5.97 Å². The second-order valence-electron chi connectivity index (χ2n) is 4.15. The maximum Gasteiger partial charge on any atom is 0.303 e. The molecule has 0 atom stereocenters. The molecule has 1 aliphatic heterocycles. The van der Waals surface area contributed by atoms with Gasteiger partial charge in [0.25, 0.3) is 0 Å². The average molecular weight is 251 g/mol. The van der Waals surface area contributed by atoms with E-state index in [0.29, 0.717) is 23.7 Å². The Kier molecular flexibility index (Phi) is 3.21. The van der Waals surface area contributed by atoms with Crippen LogP contribution in [0.2, 0.25) is 5.02 Å². The Morgan fingerprint density at radius 3 is 2.82 bits per heavy atom. The van der Waals surface area contributed by atoms with Gasteiger partial charge in [0.1, 0.15) is 0 Å². The molecule has 4 nitrogen and oxygen atoms in total. The molecular formula is C12H11ClN2O2. The first-order valence-electron chi connectivity index (χ1n) is 5.26. The van der Waals surface area contributed by atoms with Crippen LogP contribution in [0.4, 0.5) is 5.69 Å². The third kappa shape index (κ3) is 2.51. The predicted octanol–water partition coefficient (Wildman–Crippen LogP) is 2.12. The molecule has 1 saturated heterocycles. The molecular weight excluding hydrogens is 240 g/mol. The number of halogens is 1. The number of rotatable bonds is 3. The van der Waals surface area contributed by atoms with Crippen molar-refractivity contribution in [2.45, 2.75) is 6.42 Å². The van der Waals surface area contributed by atoms with Crippen LogP contribution in [0.5, 0.6) is 0 Å². The summed E-state index contributed by atoms with van der Waals surface area (Å²) in [6, 6.07) is 7.17. The highest BCUT2D eigenvalue weighted by Crippen LogP contribution is 2.32. The minimum Gasteiger partial charge on any atom is -0.481 e. The highest BCUT2D eigenvalue weighted by atomic mass is 35.5. The summed E-state index contributed by atoms with van der Waals surface area (Å²) in [5, 5.41) is 17.9. The summed E-state index contributed by atoms with van der Waals surface area (Å²) in [4.78, 5) is 12.5. The van der Waals surface area contributed by atoms with E-state index >= 15 is 0 Å². The fourth-order valence-electron chi connectivity index (χ4n) is 1.98. The number of benzene rings is 1. The molecule has 0 bridgehead atoms. The maximum absolute atomic E-state index is 10.5. The van der Waals surface area contributed by atoms with Gasteiger partial charge in [-0.25, -0.2) is 0 Å². The van der Waals surface area contributed by atoms with E-state index in [4.69, 9.17) is 22.0 Å². The summed E-state index contributed by atoms with van der Waals surface area (Å²) in [6.45, 7) is 1.41. The van der Waals surface area contributed by atoms with E-state index in [0.717, 1.165) is 5.69 Å². The van der Waals surface area contributed by atoms with Crippen LogP contribution < -0.4 is 4.90 Å². The van der Waals surface area contributed by atoms with Crippen LogP contribution >= 0.6 is 11.6 Å². The average Bonchev–Trinajstić information content (AvgIpc) is 2.23. The minimum absolute atomic E-state index is 0.194. The van der Waals surface area contributed by atoms with Crippen LogP contribution in [0.1, 0.15) is 12.0 Å². The Labute approximate surface area is 104 Å². The maximum atomic E-state index is 10.5. The lowest BCUT2D eigenvalue weighted by molar-refractivity contribution is -0.138. The second-order valence-corrected chi connectivity index (χ2v) is 4.55. The molecule has 0 aromatic heterocycles. The Morgan fingerprint density at radius 2 is 2.29 bits per heavy atom. The summed E-state index contributed by atoms with van der Waals surface area (Å²) < 4.78 is 0. The van der Waals surface area contributed by atoms with E-state index in [1.807, 2.05) is 11.0 Å². The van der Waals surface area contributed by atoms with Crippen molar-refractivity contribution in [1.29, 1.82) is 5.26 Å². The van der Waals surface area contributed by atoms with Gasteiger partial charge in [-0.2, -0.15) is 5.26 Å². The monoisotopic (exact) mass is 250 g/mol. The number of aliphatic carboxylic acids is 1. The molecule has 0 spiro atoms. The zero-order chi connectivity index (χ0) is 12.4. The molecule has 1 N–H and O–H groups in total. The number of hydrogen-bond acceptors (Lipinski definition) is 3. The number of nitrogens with zero attached hydrogens (tertiary/aromatic N) is 2. The normalized spacial score (nSPS) is 15.2. The fourth-order valence-corrected chi connectivity index (χ4v) is 2.28. The van der Waals surface area contributed by atoms with E-state index in [1.54, 1.807) is 18.2 Å². The van der Waals surface area contributed by atoms with Crippen molar-refractivity contribution in [3.8, 4) is 6.07 Å². The molecule has 88 valence electrons. The van der Waals surface area contributed by atoms with Gasteiger partial charge in [0.05, 0.1) is 28.8 Å². The van der Waals surface area contributed by atoms with Crippen molar-refractivity contribution >= 4 is 23.3 Å². The van der Waals surface area contributed by atoms with E-state index in [2.05, 4.69) is 0 Å². The quantitative estimate of drug-likeness (QED) is 0.893. The van der Waals surface area contributed by atoms with Crippen LogP contribution in [-0.2, 0) is 4.79 Å². The number of nitriles is 1. The molecule has 0 amide bonds. The Morgan fingerprint density at radius 1 is 1.59 bits per heavy atom. The Hall–Kier alpha value is -1.73. The molecule has 1 fully saturated rings. The molecule has 0 aliphatic carbocycles. The number of carboxylic acid groups (broad SMARTS) is 1. The molecule has 1 aliphatic rings. The third-order valence-electron chi connectivity index (χ3n) is 2.84. The van der Waals surface area contributed by atoms with E-state index in [1.165, 1.54) is 0 Å². The van der Waals surface area contributed by atoms with Gasteiger partial charge in [-0.15, -0.1) is 0 Å². The zero-order valence-corrected chi connectivity index (χ0v) is 9.81. The van der Waals surface area contributed by atoms with Crippen LogP contribution in [0.25, 0.3) is 0 Å². The van der Waals surface area contributed by atoms with Crippen LogP contribution in [0.15, 0.2) is 18.2 Å². The van der Waals surface area contributed by atoms with Crippen molar-refractivity contribution in [2.75, 3.05) is 18.0 Å². The van der Waals surface area contributed by atoms with Gasteiger partial charge in [-0.3, -0.25) is 4.79 Å². The molecule has 2 rings (SSSR count). The summed E-state index contributed by atoms with van der Waals surface area (Å²) >= 11 is 6.06.